The molecule has 2 heterocycles. The van der Waals surface area contributed by atoms with Gasteiger partial charge >= 0.3 is 0 Å². The smallest absolute Gasteiger partial charge is 0.227 e. The van der Waals surface area contributed by atoms with Gasteiger partial charge < -0.3 is 15.5 Å². The predicted octanol–water partition coefficient (Wildman–Crippen LogP) is 2.15. The number of para-hydroxylation sites is 1. The molecule has 8 heteroatoms. The van der Waals surface area contributed by atoms with Gasteiger partial charge in [0, 0.05) is 51.4 Å². The molecule has 1 aromatic carbocycles. The molecule has 0 radical (unpaired) electrons. The van der Waals surface area contributed by atoms with Gasteiger partial charge in [-0.1, -0.05) is 18.2 Å². The van der Waals surface area contributed by atoms with Crippen molar-refractivity contribution >= 4 is 24.2 Å². The fourth-order valence-electron chi connectivity index (χ4n) is 3.74. The molecule has 1 saturated heterocycles. The summed E-state index contributed by atoms with van der Waals surface area (Å²) in [5.74, 6) is -0.199. The van der Waals surface area contributed by atoms with Crippen molar-refractivity contribution in [1.82, 2.24) is 19.6 Å². The third kappa shape index (κ3) is 5.58. The molecule has 1 aromatic heterocycles. The van der Waals surface area contributed by atoms with Crippen LogP contribution in [0.2, 0.25) is 0 Å². The molecule has 7 nitrogen and oxygen atoms in total. The Morgan fingerprint density at radius 3 is 2.66 bits per heavy atom. The number of hydrogen-bond acceptors (Lipinski definition) is 4. The first kappa shape index (κ1) is 22.9. The fourth-order valence-corrected chi connectivity index (χ4v) is 3.74. The van der Waals surface area contributed by atoms with E-state index in [4.69, 9.17) is 5.73 Å². The largest absolute Gasteiger partial charge is 0.341 e. The van der Waals surface area contributed by atoms with E-state index in [0.717, 1.165) is 23.2 Å². The van der Waals surface area contributed by atoms with Crippen molar-refractivity contribution in [1.29, 1.82) is 0 Å². The van der Waals surface area contributed by atoms with Crippen molar-refractivity contribution in [2.24, 2.45) is 11.7 Å². The number of hydrogen-bond donors (Lipinski definition) is 1. The summed E-state index contributed by atoms with van der Waals surface area (Å²) in [6, 6.07) is 7.98. The van der Waals surface area contributed by atoms with Crippen molar-refractivity contribution in [2.75, 3.05) is 20.1 Å². The van der Waals surface area contributed by atoms with Crippen molar-refractivity contribution in [3.63, 3.8) is 0 Å². The van der Waals surface area contributed by atoms with E-state index in [0.29, 0.717) is 26.1 Å². The van der Waals surface area contributed by atoms with Crippen LogP contribution in [0, 0.1) is 12.8 Å². The highest BCUT2D eigenvalue weighted by Gasteiger charge is 2.30. The van der Waals surface area contributed by atoms with E-state index in [9.17, 15) is 9.59 Å². The van der Waals surface area contributed by atoms with Gasteiger partial charge in [0.2, 0.25) is 11.8 Å². The first-order chi connectivity index (χ1) is 13.3. The lowest BCUT2D eigenvalue weighted by Crippen LogP contribution is -2.42. The predicted molar refractivity (Wildman–Crippen MR) is 115 cm³/mol. The second-order valence-electron chi connectivity index (χ2n) is 7.73. The van der Waals surface area contributed by atoms with Crippen LogP contribution in [-0.4, -0.2) is 57.6 Å². The van der Waals surface area contributed by atoms with Gasteiger partial charge in [0.15, 0.2) is 0 Å². The van der Waals surface area contributed by atoms with Gasteiger partial charge in [-0.05, 0) is 31.4 Å². The van der Waals surface area contributed by atoms with Crippen molar-refractivity contribution in [3.8, 4) is 5.69 Å². The van der Waals surface area contributed by atoms with Crippen molar-refractivity contribution in [2.45, 2.75) is 39.3 Å². The van der Waals surface area contributed by atoms with Gasteiger partial charge in [0.1, 0.15) is 0 Å². The molecular formula is C21H30ClN5O2. The van der Waals surface area contributed by atoms with Crippen LogP contribution < -0.4 is 5.73 Å². The molecule has 2 aromatic rings. The van der Waals surface area contributed by atoms with Gasteiger partial charge in [-0.25, -0.2) is 4.68 Å². The Morgan fingerprint density at radius 1 is 1.24 bits per heavy atom. The maximum atomic E-state index is 13.0. The van der Waals surface area contributed by atoms with Crippen LogP contribution in [0.5, 0.6) is 0 Å². The SMILES string of the molecule is CC(=O)N1C[C@@H](N)CC[C@@H](C(=O)N(C)Cc2cnn(-c3ccccc3C)c2)C1.Cl. The molecule has 158 valence electrons. The van der Waals surface area contributed by atoms with Crippen LogP contribution in [0.1, 0.15) is 30.9 Å². The Bertz CT molecular complexity index is 853. The molecule has 0 saturated carbocycles. The Labute approximate surface area is 178 Å². The zero-order valence-electron chi connectivity index (χ0n) is 17.2. The monoisotopic (exact) mass is 419 g/mol. The zero-order valence-corrected chi connectivity index (χ0v) is 18.1. The number of nitrogens with zero attached hydrogens (tertiary/aromatic N) is 4. The third-order valence-electron chi connectivity index (χ3n) is 5.37. The summed E-state index contributed by atoms with van der Waals surface area (Å²) in [5, 5.41) is 4.44. The number of carbonyl (C=O) groups is 2. The second-order valence-corrected chi connectivity index (χ2v) is 7.73. The first-order valence-electron chi connectivity index (χ1n) is 9.70. The third-order valence-corrected chi connectivity index (χ3v) is 5.37. The molecule has 1 fully saturated rings. The Morgan fingerprint density at radius 2 is 1.97 bits per heavy atom. The van der Waals surface area contributed by atoms with Gasteiger partial charge in [0.25, 0.3) is 0 Å². The Kier molecular flexibility index (Phi) is 7.81. The topological polar surface area (TPSA) is 84.5 Å². The summed E-state index contributed by atoms with van der Waals surface area (Å²) < 4.78 is 1.84. The fraction of sp³-hybridized carbons (Fsp3) is 0.476. The number of benzene rings is 1. The molecular weight excluding hydrogens is 390 g/mol. The summed E-state index contributed by atoms with van der Waals surface area (Å²) in [6.07, 6.45) is 5.20. The van der Waals surface area contributed by atoms with E-state index in [-0.39, 0.29) is 36.2 Å². The molecule has 3 rings (SSSR count). The Balaban J connectivity index is 0.00000300. The highest BCUT2D eigenvalue weighted by atomic mass is 35.5. The standard InChI is InChI=1S/C21H29N5O2.ClH/c1-15-6-4-5-7-20(15)26-12-17(10-23-26)11-24(3)21(28)18-8-9-19(22)14-25(13-18)16(2)27;/h4-7,10,12,18-19H,8-9,11,13-14,22H2,1-3H3;1H/t18-,19+;/m1./s1. The molecule has 2 N–H and O–H groups in total. The molecule has 1 aliphatic rings. The minimum atomic E-state index is -0.214. The summed E-state index contributed by atoms with van der Waals surface area (Å²) in [5.41, 5.74) is 9.20. The molecule has 29 heavy (non-hydrogen) atoms. The van der Waals surface area contributed by atoms with Gasteiger partial charge in [-0.15, -0.1) is 12.4 Å². The van der Waals surface area contributed by atoms with E-state index >= 15 is 0 Å². The van der Waals surface area contributed by atoms with E-state index < -0.39 is 0 Å². The quantitative estimate of drug-likeness (QED) is 0.822. The van der Waals surface area contributed by atoms with E-state index in [1.807, 2.05) is 42.1 Å². The summed E-state index contributed by atoms with van der Waals surface area (Å²) >= 11 is 0. The molecule has 0 spiro atoms. The van der Waals surface area contributed by atoms with E-state index in [2.05, 4.69) is 5.10 Å². The normalized spacial score (nSPS) is 19.2. The molecule has 1 aliphatic heterocycles. The number of carbonyl (C=O) groups excluding carboxylic acids is 2. The lowest BCUT2D eigenvalue weighted by molar-refractivity contribution is -0.137. The van der Waals surface area contributed by atoms with Crippen LogP contribution in [0.15, 0.2) is 36.7 Å². The summed E-state index contributed by atoms with van der Waals surface area (Å²) in [6.45, 7) is 5.02. The number of nitrogens with two attached hydrogens (primary N) is 1. The van der Waals surface area contributed by atoms with Crippen LogP contribution in [0.4, 0.5) is 0 Å². The number of aromatic nitrogens is 2. The molecule has 0 unspecified atom stereocenters. The average Bonchev–Trinajstić information content (AvgIpc) is 3.02. The molecule has 2 atom stereocenters. The highest BCUT2D eigenvalue weighted by Crippen LogP contribution is 2.20. The van der Waals surface area contributed by atoms with E-state index in [1.165, 1.54) is 6.92 Å². The number of amides is 2. The first-order valence-corrected chi connectivity index (χ1v) is 9.70. The van der Waals surface area contributed by atoms with Gasteiger partial charge in [-0.2, -0.15) is 5.10 Å². The van der Waals surface area contributed by atoms with Crippen molar-refractivity contribution in [3.05, 3.63) is 47.8 Å². The Hall–Kier alpha value is -2.38. The van der Waals surface area contributed by atoms with E-state index in [1.54, 1.807) is 23.0 Å². The number of rotatable bonds is 4. The minimum absolute atomic E-state index is 0. The van der Waals surface area contributed by atoms with Gasteiger partial charge in [0.05, 0.1) is 17.8 Å². The van der Waals surface area contributed by atoms with Crippen LogP contribution in [-0.2, 0) is 16.1 Å². The lowest BCUT2D eigenvalue weighted by Gasteiger charge is -2.26. The summed E-state index contributed by atoms with van der Waals surface area (Å²) in [4.78, 5) is 28.2. The molecule has 0 aliphatic carbocycles. The average molecular weight is 420 g/mol. The maximum Gasteiger partial charge on any atom is 0.227 e. The maximum absolute atomic E-state index is 13.0. The molecule has 0 bridgehead atoms. The lowest BCUT2D eigenvalue weighted by atomic mass is 10.0. The number of halogens is 1. The summed E-state index contributed by atoms with van der Waals surface area (Å²) in [7, 11) is 1.80. The van der Waals surface area contributed by atoms with Crippen LogP contribution >= 0.6 is 12.4 Å². The zero-order chi connectivity index (χ0) is 20.3. The number of aryl methyl sites for hydroxylation is 1. The van der Waals surface area contributed by atoms with Crippen molar-refractivity contribution < 1.29 is 9.59 Å². The number of likely N-dealkylation sites (tertiary alicyclic amines) is 1. The molecule has 2 amide bonds. The second kappa shape index (κ2) is 9.89. The minimum Gasteiger partial charge on any atom is -0.341 e. The van der Waals surface area contributed by atoms with Gasteiger partial charge in [-0.3, -0.25) is 9.59 Å². The van der Waals surface area contributed by atoms with Crippen LogP contribution in [0.25, 0.3) is 5.69 Å². The highest BCUT2D eigenvalue weighted by molar-refractivity contribution is 5.85. The van der Waals surface area contributed by atoms with Crippen LogP contribution in [0.3, 0.4) is 0 Å².